The third kappa shape index (κ3) is 11.3. The van der Waals surface area contributed by atoms with Crippen molar-refractivity contribution in [3.05, 3.63) is 0 Å². The van der Waals surface area contributed by atoms with Crippen LogP contribution in [0.25, 0.3) is 0 Å². The molecule has 0 aliphatic rings. The summed E-state index contributed by atoms with van der Waals surface area (Å²) in [5.41, 5.74) is 10.9. The molecule has 4 amide bonds. The quantitative estimate of drug-likeness (QED) is 0.137. The molecule has 0 fully saturated rings. The molecule has 0 saturated heterocycles. The Kier molecular flexibility index (Phi) is 14.0. The number of thiol groups is 1. The fraction of sp³-hybridized carbons (Fsp3) is 0.722. The molecule has 0 bridgehead atoms. The Morgan fingerprint density at radius 2 is 1.52 bits per heavy atom. The molecule has 8 N–H and O–H groups in total. The monoisotopic (exact) mass is 479 g/mol. The molecular weight excluding hydrogens is 446 g/mol. The highest BCUT2D eigenvalue weighted by Gasteiger charge is 2.31. The lowest BCUT2D eigenvalue weighted by Gasteiger charge is -2.25. The van der Waals surface area contributed by atoms with Crippen molar-refractivity contribution in [1.82, 2.24) is 16.0 Å². The van der Waals surface area contributed by atoms with Crippen LogP contribution in [-0.4, -0.2) is 76.6 Å². The Morgan fingerprint density at radius 3 is 1.97 bits per heavy atom. The second-order valence-electron chi connectivity index (χ2n) is 7.27. The van der Waals surface area contributed by atoms with Crippen molar-refractivity contribution < 1.29 is 29.1 Å². The molecule has 4 atom stereocenters. The van der Waals surface area contributed by atoms with E-state index in [2.05, 4.69) is 28.6 Å². The van der Waals surface area contributed by atoms with Crippen molar-refractivity contribution in [2.45, 2.75) is 57.3 Å². The third-order valence-electron chi connectivity index (χ3n) is 4.33. The van der Waals surface area contributed by atoms with Crippen molar-refractivity contribution in [2.24, 2.45) is 17.4 Å². The van der Waals surface area contributed by atoms with E-state index in [0.717, 1.165) is 0 Å². The van der Waals surface area contributed by atoms with Gasteiger partial charge in [0.25, 0.3) is 0 Å². The minimum absolute atomic E-state index is 0.0687. The third-order valence-corrected chi connectivity index (χ3v) is 5.34. The van der Waals surface area contributed by atoms with Crippen LogP contribution in [0.1, 0.15) is 33.1 Å². The summed E-state index contributed by atoms with van der Waals surface area (Å²) in [6, 6.07) is -4.31. The van der Waals surface area contributed by atoms with Crippen LogP contribution in [0.15, 0.2) is 0 Å². The smallest absolute Gasteiger partial charge is 0.326 e. The standard InChI is InChI=1S/C18H33N5O6S2/c1-9(2)14(18(28)29)23-16(26)11(4-5-13(20)24)21-17(27)12(8-30)22-15(25)10(19)6-7-31-3/h9-12,14,30H,4-8,19H2,1-3H3,(H2,20,24)(H,21,27)(H,22,25)(H,23,26)(H,28,29). The number of rotatable bonds is 15. The number of primary amides is 1. The van der Waals surface area contributed by atoms with Gasteiger partial charge in [-0.25, -0.2) is 4.79 Å². The van der Waals surface area contributed by atoms with Gasteiger partial charge >= 0.3 is 5.97 Å². The molecule has 0 aromatic rings. The maximum absolute atomic E-state index is 12.6. The summed E-state index contributed by atoms with van der Waals surface area (Å²) < 4.78 is 0. The molecule has 0 aromatic carbocycles. The molecule has 0 rings (SSSR count). The van der Waals surface area contributed by atoms with Crippen LogP contribution in [0.2, 0.25) is 0 Å². The molecule has 0 aliphatic heterocycles. The highest BCUT2D eigenvalue weighted by Crippen LogP contribution is 2.06. The van der Waals surface area contributed by atoms with E-state index in [1.54, 1.807) is 13.8 Å². The summed E-state index contributed by atoms with van der Waals surface area (Å²) >= 11 is 5.59. The predicted octanol–water partition coefficient (Wildman–Crippen LogP) is -1.54. The lowest BCUT2D eigenvalue weighted by molar-refractivity contribution is -0.143. The van der Waals surface area contributed by atoms with Gasteiger partial charge in [0.2, 0.25) is 23.6 Å². The molecule has 0 radical (unpaired) electrons. The Labute approximate surface area is 191 Å². The van der Waals surface area contributed by atoms with E-state index in [-0.39, 0.29) is 18.6 Å². The zero-order valence-corrected chi connectivity index (χ0v) is 19.6. The van der Waals surface area contributed by atoms with Gasteiger partial charge in [0.05, 0.1) is 6.04 Å². The molecular formula is C18H33N5O6S2. The van der Waals surface area contributed by atoms with Crippen LogP contribution in [-0.2, 0) is 24.0 Å². The van der Waals surface area contributed by atoms with Crippen molar-refractivity contribution in [3.63, 3.8) is 0 Å². The van der Waals surface area contributed by atoms with Crippen molar-refractivity contribution in [2.75, 3.05) is 17.8 Å². The van der Waals surface area contributed by atoms with Crippen LogP contribution >= 0.6 is 24.4 Å². The van der Waals surface area contributed by atoms with E-state index in [1.165, 1.54) is 11.8 Å². The number of carbonyl (C=O) groups excluding carboxylic acids is 4. The Hall–Kier alpha value is -1.99. The summed E-state index contributed by atoms with van der Waals surface area (Å²) in [5, 5.41) is 16.5. The fourth-order valence-electron chi connectivity index (χ4n) is 2.44. The van der Waals surface area contributed by atoms with Gasteiger partial charge in [0.1, 0.15) is 18.1 Å². The number of carboxylic acid groups (broad SMARTS) is 1. The second kappa shape index (κ2) is 14.9. The first-order valence-electron chi connectivity index (χ1n) is 9.72. The molecule has 0 aromatic heterocycles. The Morgan fingerprint density at radius 1 is 0.968 bits per heavy atom. The molecule has 0 heterocycles. The summed E-state index contributed by atoms with van der Waals surface area (Å²) in [6.45, 7) is 3.23. The number of hydrogen-bond acceptors (Lipinski definition) is 8. The fourth-order valence-corrected chi connectivity index (χ4v) is 3.19. The van der Waals surface area contributed by atoms with Gasteiger partial charge in [-0.1, -0.05) is 13.8 Å². The SMILES string of the molecule is CSCCC(N)C(=O)NC(CS)C(=O)NC(CCC(N)=O)C(=O)NC(C(=O)O)C(C)C. The maximum Gasteiger partial charge on any atom is 0.326 e. The van der Waals surface area contributed by atoms with Crippen molar-refractivity contribution in [1.29, 1.82) is 0 Å². The molecule has 13 heteroatoms. The topological polar surface area (TPSA) is 194 Å². The molecule has 0 saturated carbocycles. The van der Waals surface area contributed by atoms with Gasteiger partial charge in [-0.05, 0) is 30.8 Å². The summed E-state index contributed by atoms with van der Waals surface area (Å²) in [4.78, 5) is 59.9. The normalized spacial score (nSPS) is 14.8. The highest BCUT2D eigenvalue weighted by atomic mass is 32.2. The number of nitrogens with two attached hydrogens (primary N) is 2. The number of aliphatic carboxylic acids is 1. The number of hydrogen-bond donors (Lipinski definition) is 7. The van der Waals surface area contributed by atoms with E-state index < -0.39 is 59.7 Å². The maximum atomic E-state index is 12.6. The van der Waals surface area contributed by atoms with Crippen molar-refractivity contribution in [3.8, 4) is 0 Å². The van der Waals surface area contributed by atoms with Crippen LogP contribution < -0.4 is 27.4 Å². The van der Waals surface area contributed by atoms with Crippen molar-refractivity contribution >= 4 is 54.0 Å². The predicted molar refractivity (Wildman–Crippen MR) is 122 cm³/mol. The Balaban J connectivity index is 5.27. The lowest BCUT2D eigenvalue weighted by Crippen LogP contribution is -2.58. The van der Waals surface area contributed by atoms with E-state index in [1.807, 2.05) is 6.26 Å². The summed E-state index contributed by atoms with van der Waals surface area (Å²) in [5.74, 6) is -3.78. The molecule has 0 spiro atoms. The first-order valence-corrected chi connectivity index (χ1v) is 11.7. The summed E-state index contributed by atoms with van der Waals surface area (Å²) in [7, 11) is 0. The number of amides is 4. The second-order valence-corrected chi connectivity index (χ2v) is 8.62. The van der Waals surface area contributed by atoms with Gasteiger partial charge < -0.3 is 32.5 Å². The van der Waals surface area contributed by atoms with Gasteiger partial charge in [0.15, 0.2) is 0 Å². The molecule has 11 nitrogen and oxygen atoms in total. The molecule has 0 aliphatic carbocycles. The van der Waals surface area contributed by atoms with Gasteiger partial charge in [-0.3, -0.25) is 19.2 Å². The number of carbonyl (C=O) groups is 5. The first-order chi connectivity index (χ1) is 14.4. The molecule has 31 heavy (non-hydrogen) atoms. The largest absolute Gasteiger partial charge is 0.480 e. The highest BCUT2D eigenvalue weighted by molar-refractivity contribution is 7.98. The summed E-state index contributed by atoms with van der Waals surface area (Å²) in [6.07, 6.45) is 1.94. The molecule has 4 unspecified atom stereocenters. The van der Waals surface area contributed by atoms with Gasteiger partial charge in [-0.15, -0.1) is 0 Å². The zero-order chi connectivity index (χ0) is 24.1. The van der Waals surface area contributed by atoms with Crippen LogP contribution in [0.3, 0.4) is 0 Å². The van der Waals surface area contributed by atoms with E-state index in [4.69, 9.17) is 11.5 Å². The van der Waals surface area contributed by atoms with E-state index in [9.17, 15) is 29.1 Å². The average Bonchev–Trinajstić information content (AvgIpc) is 2.69. The minimum atomic E-state index is -1.23. The minimum Gasteiger partial charge on any atom is -0.480 e. The van der Waals surface area contributed by atoms with E-state index >= 15 is 0 Å². The Bertz CT molecular complexity index is 649. The zero-order valence-electron chi connectivity index (χ0n) is 17.9. The van der Waals surface area contributed by atoms with E-state index in [0.29, 0.717) is 12.2 Å². The lowest BCUT2D eigenvalue weighted by atomic mass is 10.0. The number of carboxylic acids is 1. The molecule has 178 valence electrons. The first kappa shape index (κ1) is 29.0. The van der Waals surface area contributed by atoms with Crippen LogP contribution in [0.4, 0.5) is 0 Å². The van der Waals surface area contributed by atoms with Gasteiger partial charge in [-0.2, -0.15) is 24.4 Å². The van der Waals surface area contributed by atoms with Crippen LogP contribution in [0, 0.1) is 5.92 Å². The van der Waals surface area contributed by atoms with Crippen LogP contribution in [0.5, 0.6) is 0 Å². The number of nitrogens with one attached hydrogen (secondary N) is 3. The van der Waals surface area contributed by atoms with Gasteiger partial charge in [0, 0.05) is 12.2 Å². The number of thioether (sulfide) groups is 1. The average molecular weight is 480 g/mol.